The van der Waals surface area contributed by atoms with Gasteiger partial charge in [-0.05, 0) is 0 Å². The number of hydrogen-bond donors (Lipinski definition) is 4. The SMILES string of the molecule is O=[As](O)(O)c1ccc(N=Nc2ccc(Nc3ncnc4nc[nH]c34)cc2)cc1. The minimum absolute atomic E-state index is 0.00333. The number of rotatable bonds is 5. The number of benzene rings is 2. The van der Waals surface area contributed by atoms with Crippen LogP contribution in [-0.4, -0.2) is 42.3 Å². The number of azo groups is 1. The van der Waals surface area contributed by atoms with Gasteiger partial charge >= 0.3 is 117 Å². The van der Waals surface area contributed by atoms with Crippen molar-refractivity contribution >= 4 is 52.6 Å². The Morgan fingerprint density at radius 2 is 1.54 bits per heavy atom. The molecular weight excluding hydrogens is 425 g/mol. The third-order valence-corrected chi connectivity index (χ3v) is 5.86. The van der Waals surface area contributed by atoms with E-state index in [0.717, 1.165) is 5.69 Å². The van der Waals surface area contributed by atoms with E-state index in [0.29, 0.717) is 28.4 Å². The molecule has 140 valence electrons. The Balaban J connectivity index is 1.47. The zero-order valence-corrected chi connectivity index (χ0v) is 16.1. The van der Waals surface area contributed by atoms with Gasteiger partial charge in [-0.2, -0.15) is 0 Å². The molecule has 0 saturated carbocycles. The van der Waals surface area contributed by atoms with E-state index in [2.05, 4.69) is 35.5 Å². The van der Waals surface area contributed by atoms with Crippen molar-refractivity contribution in [2.24, 2.45) is 10.2 Å². The van der Waals surface area contributed by atoms with Gasteiger partial charge in [-0.1, -0.05) is 0 Å². The summed E-state index contributed by atoms with van der Waals surface area (Å²) >= 11 is -4.88. The van der Waals surface area contributed by atoms with Crippen LogP contribution in [0.25, 0.3) is 11.2 Å². The number of H-pyrrole nitrogens is 1. The molecule has 0 saturated heterocycles. The van der Waals surface area contributed by atoms with Crippen LogP contribution < -0.4 is 9.67 Å². The van der Waals surface area contributed by atoms with Gasteiger partial charge in [-0.25, -0.2) is 15.0 Å². The quantitative estimate of drug-likeness (QED) is 0.275. The first kappa shape index (κ1) is 18.1. The fourth-order valence-corrected chi connectivity index (χ4v) is 3.56. The van der Waals surface area contributed by atoms with Crippen molar-refractivity contribution in [3.05, 3.63) is 61.2 Å². The summed E-state index contributed by atoms with van der Waals surface area (Å²) in [6.45, 7) is 0. The summed E-state index contributed by atoms with van der Waals surface area (Å²) in [5, 5.41) is 11.4. The summed E-state index contributed by atoms with van der Waals surface area (Å²) < 4.78 is 29.6. The molecule has 2 heterocycles. The predicted octanol–water partition coefficient (Wildman–Crippen LogP) is 2.07. The molecule has 0 aliphatic heterocycles. The van der Waals surface area contributed by atoms with E-state index in [4.69, 9.17) is 8.19 Å². The summed E-state index contributed by atoms with van der Waals surface area (Å²) in [4.78, 5) is 15.4. The number of aromatic amines is 1. The van der Waals surface area contributed by atoms with Crippen LogP contribution in [0, 0.1) is 0 Å². The fourth-order valence-electron chi connectivity index (χ4n) is 2.44. The zero-order chi connectivity index (χ0) is 19.6. The average molecular weight is 439 g/mol. The Hall–Kier alpha value is -3.33. The number of imidazole rings is 1. The van der Waals surface area contributed by atoms with Gasteiger partial charge in [0, 0.05) is 0 Å². The fraction of sp³-hybridized carbons (Fsp3) is 0. The van der Waals surface area contributed by atoms with Crippen molar-refractivity contribution in [3.8, 4) is 0 Å². The van der Waals surface area contributed by atoms with Crippen LogP contribution in [0.3, 0.4) is 0 Å². The van der Waals surface area contributed by atoms with Crippen LogP contribution >= 0.6 is 0 Å². The molecule has 0 amide bonds. The van der Waals surface area contributed by atoms with Crippen LogP contribution in [0.4, 0.5) is 22.9 Å². The second-order valence-electron chi connectivity index (χ2n) is 5.76. The molecule has 4 N–H and O–H groups in total. The van der Waals surface area contributed by atoms with E-state index >= 15 is 0 Å². The van der Waals surface area contributed by atoms with Gasteiger partial charge in [-0.3, -0.25) is 0 Å². The molecule has 0 spiro atoms. The van der Waals surface area contributed by atoms with Gasteiger partial charge in [0.15, 0.2) is 5.65 Å². The van der Waals surface area contributed by atoms with Gasteiger partial charge in [0.1, 0.15) is 11.8 Å². The summed E-state index contributed by atoms with van der Waals surface area (Å²) in [5.41, 5.74) is 3.22. The third-order valence-electron chi connectivity index (χ3n) is 3.82. The Kier molecular flexibility index (Phi) is 4.74. The normalized spacial score (nSPS) is 11.9. The van der Waals surface area contributed by atoms with E-state index < -0.39 is 14.2 Å². The maximum absolute atomic E-state index is 11.2. The molecule has 10 nitrogen and oxygen atoms in total. The van der Waals surface area contributed by atoms with E-state index in [1.54, 1.807) is 18.5 Å². The van der Waals surface area contributed by atoms with E-state index in [1.165, 1.54) is 30.6 Å². The van der Waals surface area contributed by atoms with Crippen LogP contribution in [0.5, 0.6) is 0 Å². The molecule has 2 aromatic heterocycles. The van der Waals surface area contributed by atoms with Gasteiger partial charge in [0.05, 0.1) is 6.33 Å². The first-order chi connectivity index (χ1) is 13.5. The molecule has 0 unspecified atom stereocenters. The van der Waals surface area contributed by atoms with Crippen molar-refractivity contribution in [2.45, 2.75) is 0 Å². The van der Waals surface area contributed by atoms with Crippen LogP contribution in [0.15, 0.2) is 71.4 Å². The topological polar surface area (TPSA) is 149 Å². The number of anilines is 2. The molecule has 0 atom stereocenters. The van der Waals surface area contributed by atoms with E-state index in [9.17, 15) is 3.74 Å². The summed E-state index contributed by atoms with van der Waals surface area (Å²) in [7, 11) is 0. The second-order valence-corrected chi connectivity index (χ2v) is 9.12. The first-order valence-corrected chi connectivity index (χ1v) is 11.5. The number of nitrogens with one attached hydrogen (secondary N) is 2. The Labute approximate surface area is 161 Å². The Bertz CT molecular complexity index is 1180. The molecule has 0 bridgehead atoms. The molecule has 4 rings (SSSR count). The Morgan fingerprint density at radius 1 is 0.893 bits per heavy atom. The van der Waals surface area contributed by atoms with Gasteiger partial charge in [0.25, 0.3) is 0 Å². The average Bonchev–Trinajstić information content (AvgIpc) is 3.17. The van der Waals surface area contributed by atoms with Gasteiger partial charge in [0.2, 0.25) is 0 Å². The molecule has 11 heteroatoms. The third kappa shape index (κ3) is 3.99. The Morgan fingerprint density at radius 3 is 2.18 bits per heavy atom. The zero-order valence-electron chi connectivity index (χ0n) is 14.3. The molecule has 0 fully saturated rings. The predicted molar refractivity (Wildman–Crippen MR) is 103 cm³/mol. The molecule has 0 aliphatic rings. The van der Waals surface area contributed by atoms with Crippen molar-refractivity contribution < 1.29 is 11.9 Å². The summed E-state index contributed by atoms with van der Waals surface area (Å²) in [6, 6.07) is 13.0. The van der Waals surface area contributed by atoms with E-state index in [1.807, 2.05) is 12.1 Å². The van der Waals surface area contributed by atoms with Crippen molar-refractivity contribution in [2.75, 3.05) is 5.32 Å². The van der Waals surface area contributed by atoms with Crippen LogP contribution in [0.1, 0.15) is 0 Å². The summed E-state index contributed by atoms with van der Waals surface area (Å²) in [6.07, 6.45) is 2.99. The molecule has 4 aromatic rings. The van der Waals surface area contributed by atoms with Crippen LogP contribution in [-0.2, 0) is 3.74 Å². The maximum atomic E-state index is 11.2. The number of aromatic nitrogens is 4. The van der Waals surface area contributed by atoms with Crippen LogP contribution in [0.2, 0.25) is 0 Å². The molecule has 2 aromatic carbocycles. The van der Waals surface area contributed by atoms with E-state index in [-0.39, 0.29) is 4.35 Å². The summed E-state index contributed by atoms with van der Waals surface area (Å²) in [5.74, 6) is 0.614. The minimum atomic E-state index is -4.88. The molecular formula is C17H14AsN7O3. The van der Waals surface area contributed by atoms with Gasteiger partial charge in [-0.15, -0.1) is 0 Å². The number of hydrogen-bond acceptors (Lipinski definition) is 7. The molecule has 0 aliphatic carbocycles. The monoisotopic (exact) mass is 439 g/mol. The molecule has 0 radical (unpaired) electrons. The first-order valence-electron chi connectivity index (χ1n) is 8.08. The van der Waals surface area contributed by atoms with Crippen molar-refractivity contribution in [1.82, 2.24) is 19.9 Å². The molecule has 28 heavy (non-hydrogen) atoms. The number of fused-ring (bicyclic) bond motifs is 1. The number of nitrogens with zero attached hydrogens (tertiary/aromatic N) is 5. The van der Waals surface area contributed by atoms with Crippen molar-refractivity contribution in [1.29, 1.82) is 0 Å². The second kappa shape index (κ2) is 7.35. The van der Waals surface area contributed by atoms with Crippen molar-refractivity contribution in [3.63, 3.8) is 0 Å². The van der Waals surface area contributed by atoms with Gasteiger partial charge < -0.3 is 4.98 Å². The standard InChI is InChI=1S/C17H14AsN7O3/c26-18(27,28)11-1-3-13(4-2-11)24-25-14-7-5-12(6-8-14)23-17-15-16(20-9-19-15)21-10-22-17/h1-10H,(H2,26,27,28)(H2,19,20,21,22,23).